The number of aryl methyl sites for hydroxylation is 3. The van der Waals surface area contributed by atoms with E-state index >= 15 is 0 Å². The third-order valence-electron chi connectivity index (χ3n) is 5.27. The van der Waals surface area contributed by atoms with Gasteiger partial charge in [0.05, 0.1) is 16.6 Å². The molecule has 4 rings (SSSR count). The van der Waals surface area contributed by atoms with E-state index in [9.17, 15) is 12.8 Å². The maximum Gasteiger partial charge on any atom is 0.243 e. The molecule has 1 saturated heterocycles. The van der Waals surface area contributed by atoms with Crippen molar-refractivity contribution in [3.63, 3.8) is 0 Å². The van der Waals surface area contributed by atoms with Gasteiger partial charge >= 0.3 is 0 Å². The zero-order valence-corrected chi connectivity index (χ0v) is 18.4. The van der Waals surface area contributed by atoms with Gasteiger partial charge in [-0.3, -0.25) is 0 Å². The van der Waals surface area contributed by atoms with E-state index in [2.05, 4.69) is 20.3 Å². The van der Waals surface area contributed by atoms with Crippen LogP contribution in [0.5, 0.6) is 0 Å². The number of aromatic nitrogens is 3. The molecule has 1 aliphatic heterocycles. The average Bonchev–Trinajstić information content (AvgIpc) is 3.20. The summed E-state index contributed by atoms with van der Waals surface area (Å²) in [5.41, 5.74) is 2.63. The van der Waals surface area contributed by atoms with Crippen LogP contribution in [0.15, 0.2) is 47.4 Å². The fourth-order valence-electron chi connectivity index (χ4n) is 3.84. The topological polar surface area (TPSA) is 88.1 Å². The maximum atomic E-state index is 13.6. The molecule has 1 fully saturated rings. The monoisotopic (exact) mass is 441 g/mol. The van der Waals surface area contributed by atoms with E-state index in [4.69, 9.17) is 0 Å². The number of sulfonamides is 1. The first-order valence-electron chi connectivity index (χ1n) is 10.1. The molecule has 7 nitrogen and oxygen atoms in total. The molecule has 31 heavy (non-hydrogen) atoms. The molecule has 0 unspecified atom stereocenters. The quantitative estimate of drug-likeness (QED) is 0.638. The first kappa shape index (κ1) is 21.3. The summed E-state index contributed by atoms with van der Waals surface area (Å²) in [4.78, 5) is 13.5. The second-order valence-corrected chi connectivity index (χ2v) is 9.62. The number of rotatable bonds is 5. The summed E-state index contributed by atoms with van der Waals surface area (Å²) in [5.74, 6) is 0.565. The number of hydrogen-bond acceptors (Lipinski definition) is 6. The molecular formula is C22H24FN5O2S. The van der Waals surface area contributed by atoms with Crippen molar-refractivity contribution in [3.05, 3.63) is 70.9 Å². The summed E-state index contributed by atoms with van der Waals surface area (Å²) in [7, 11) is -3.78. The maximum absolute atomic E-state index is 13.6. The summed E-state index contributed by atoms with van der Waals surface area (Å²) in [6.07, 6.45) is 1.39. The van der Waals surface area contributed by atoms with E-state index in [1.54, 1.807) is 13.0 Å². The standard InChI is InChI=1S/C22H24FN5O2S/c1-14-12-17(9-10-18(14)23)31(29,30)28-11-5-7-20(28)19-6-4-8-21(26-19)27-22-24-15(2)13-16(3)25-22/h4,6,8-10,12-13,20H,5,7,11H2,1-3H3,(H,24,25,26,27)/t20-/m1/s1. The van der Waals surface area contributed by atoms with Crippen molar-refractivity contribution in [3.8, 4) is 0 Å². The predicted molar refractivity (Wildman–Crippen MR) is 116 cm³/mol. The van der Waals surface area contributed by atoms with Gasteiger partial charge in [0.25, 0.3) is 0 Å². The minimum absolute atomic E-state index is 0.0937. The second-order valence-electron chi connectivity index (χ2n) is 7.73. The molecule has 0 amide bonds. The molecular weight excluding hydrogens is 417 g/mol. The highest BCUT2D eigenvalue weighted by atomic mass is 32.2. The number of halogens is 1. The number of nitrogens with one attached hydrogen (secondary N) is 1. The molecule has 2 aromatic heterocycles. The van der Waals surface area contributed by atoms with Crippen molar-refractivity contribution in [2.75, 3.05) is 11.9 Å². The van der Waals surface area contributed by atoms with Gasteiger partial charge in [-0.05, 0) is 75.6 Å². The highest BCUT2D eigenvalue weighted by Crippen LogP contribution is 2.36. The van der Waals surface area contributed by atoms with E-state index in [0.29, 0.717) is 36.0 Å². The highest BCUT2D eigenvalue weighted by Gasteiger charge is 2.37. The van der Waals surface area contributed by atoms with Crippen LogP contribution in [0.25, 0.3) is 0 Å². The van der Waals surface area contributed by atoms with Crippen LogP contribution in [0.4, 0.5) is 16.2 Å². The van der Waals surface area contributed by atoms with Crippen LogP contribution in [0.2, 0.25) is 0 Å². The molecule has 0 spiro atoms. The van der Waals surface area contributed by atoms with Crippen molar-refractivity contribution in [1.29, 1.82) is 0 Å². The number of pyridine rings is 1. The van der Waals surface area contributed by atoms with Crippen LogP contribution in [-0.4, -0.2) is 34.2 Å². The summed E-state index contributed by atoms with van der Waals surface area (Å²) < 4.78 is 41.6. The Kier molecular flexibility index (Phi) is 5.72. The molecule has 3 aromatic rings. The molecule has 0 aliphatic carbocycles. The van der Waals surface area contributed by atoms with Crippen molar-refractivity contribution in [2.45, 2.75) is 44.6 Å². The van der Waals surface area contributed by atoms with Gasteiger partial charge in [0.1, 0.15) is 11.6 Å². The normalized spacial score (nSPS) is 17.1. The van der Waals surface area contributed by atoms with Crippen LogP contribution in [0.1, 0.15) is 41.5 Å². The lowest BCUT2D eigenvalue weighted by Gasteiger charge is -2.24. The smallest absolute Gasteiger partial charge is 0.243 e. The van der Waals surface area contributed by atoms with Gasteiger partial charge in [0.15, 0.2) is 0 Å². The van der Waals surface area contributed by atoms with Gasteiger partial charge in [-0.1, -0.05) is 6.07 Å². The van der Waals surface area contributed by atoms with Gasteiger partial charge in [-0.15, -0.1) is 0 Å². The Bertz CT molecular complexity index is 1210. The highest BCUT2D eigenvalue weighted by molar-refractivity contribution is 7.89. The number of hydrogen-bond donors (Lipinski definition) is 1. The summed E-state index contributed by atoms with van der Waals surface area (Å²) in [5, 5.41) is 3.11. The van der Waals surface area contributed by atoms with Crippen LogP contribution >= 0.6 is 0 Å². The molecule has 3 heterocycles. The minimum Gasteiger partial charge on any atom is -0.309 e. The predicted octanol–water partition coefficient (Wildman–Crippen LogP) is 4.21. The van der Waals surface area contributed by atoms with Gasteiger partial charge in [-0.2, -0.15) is 4.31 Å². The lowest BCUT2D eigenvalue weighted by Crippen LogP contribution is -2.31. The molecule has 0 saturated carbocycles. The van der Waals surface area contributed by atoms with E-state index in [1.165, 1.54) is 22.5 Å². The van der Waals surface area contributed by atoms with Gasteiger partial charge in [0, 0.05) is 17.9 Å². The van der Waals surface area contributed by atoms with Gasteiger partial charge in [0.2, 0.25) is 16.0 Å². The Balaban J connectivity index is 1.63. The van der Waals surface area contributed by atoms with Crippen LogP contribution in [0.3, 0.4) is 0 Å². The molecule has 1 aliphatic rings. The fourth-order valence-corrected chi connectivity index (χ4v) is 5.59. The Morgan fingerprint density at radius 3 is 2.48 bits per heavy atom. The molecule has 0 radical (unpaired) electrons. The summed E-state index contributed by atoms with van der Waals surface area (Å²) in [6, 6.07) is 10.8. The van der Waals surface area contributed by atoms with E-state index in [0.717, 1.165) is 17.8 Å². The molecule has 1 atom stereocenters. The van der Waals surface area contributed by atoms with Crippen LogP contribution in [-0.2, 0) is 10.0 Å². The van der Waals surface area contributed by atoms with E-state index < -0.39 is 21.9 Å². The Hall–Kier alpha value is -2.91. The van der Waals surface area contributed by atoms with Gasteiger partial charge in [-0.25, -0.2) is 27.8 Å². The fraction of sp³-hybridized carbons (Fsp3) is 0.318. The lowest BCUT2D eigenvalue weighted by atomic mass is 10.1. The van der Waals surface area contributed by atoms with Crippen LogP contribution < -0.4 is 5.32 Å². The Morgan fingerprint density at radius 1 is 1.03 bits per heavy atom. The number of nitrogens with zero attached hydrogens (tertiary/aromatic N) is 4. The van der Waals surface area contributed by atoms with Crippen molar-refractivity contribution >= 4 is 21.8 Å². The van der Waals surface area contributed by atoms with Crippen molar-refractivity contribution < 1.29 is 12.8 Å². The second kappa shape index (κ2) is 8.32. The molecule has 1 aromatic carbocycles. The SMILES string of the molecule is Cc1cc(C)nc(Nc2cccc([C@H]3CCCN3S(=O)(=O)c3ccc(F)c(C)c3)n2)n1. The van der Waals surface area contributed by atoms with Crippen molar-refractivity contribution in [2.24, 2.45) is 0 Å². The average molecular weight is 442 g/mol. The summed E-state index contributed by atoms with van der Waals surface area (Å²) in [6.45, 7) is 5.73. The molecule has 162 valence electrons. The third kappa shape index (κ3) is 4.42. The zero-order chi connectivity index (χ0) is 22.2. The molecule has 0 bridgehead atoms. The minimum atomic E-state index is -3.78. The first-order valence-corrected chi connectivity index (χ1v) is 11.5. The van der Waals surface area contributed by atoms with E-state index in [-0.39, 0.29) is 4.90 Å². The molecule has 9 heteroatoms. The van der Waals surface area contributed by atoms with Gasteiger partial charge < -0.3 is 5.32 Å². The summed E-state index contributed by atoms with van der Waals surface area (Å²) >= 11 is 0. The zero-order valence-electron chi connectivity index (χ0n) is 17.6. The molecule has 1 N–H and O–H groups in total. The number of benzene rings is 1. The first-order chi connectivity index (χ1) is 14.7. The number of anilines is 2. The largest absolute Gasteiger partial charge is 0.309 e. The van der Waals surface area contributed by atoms with E-state index in [1.807, 2.05) is 32.0 Å². The Morgan fingerprint density at radius 2 is 1.77 bits per heavy atom. The third-order valence-corrected chi connectivity index (χ3v) is 7.18. The van der Waals surface area contributed by atoms with Crippen LogP contribution in [0, 0.1) is 26.6 Å². The van der Waals surface area contributed by atoms with Crippen molar-refractivity contribution in [1.82, 2.24) is 19.3 Å². The Labute approximate surface area is 181 Å². The lowest BCUT2D eigenvalue weighted by molar-refractivity contribution is 0.390.